The summed E-state index contributed by atoms with van der Waals surface area (Å²) in [5.41, 5.74) is -0.0440. The molecule has 0 saturated heterocycles. The number of hydrogen-bond donors (Lipinski definition) is 1. The SMILES string of the molecule is O=C(O)C1(F)C=CN=C(c2ccccc2)N1C(F)(F)F. The summed E-state index contributed by atoms with van der Waals surface area (Å²) in [6.07, 6.45) is -4.29. The van der Waals surface area contributed by atoms with Crippen molar-refractivity contribution in [2.24, 2.45) is 4.99 Å². The van der Waals surface area contributed by atoms with Crippen LogP contribution < -0.4 is 0 Å². The average Bonchev–Trinajstić information content (AvgIpc) is 2.38. The van der Waals surface area contributed by atoms with Crippen LogP contribution in [0.15, 0.2) is 47.6 Å². The van der Waals surface area contributed by atoms with E-state index in [0.29, 0.717) is 6.20 Å². The van der Waals surface area contributed by atoms with E-state index in [2.05, 4.69) is 4.99 Å². The summed E-state index contributed by atoms with van der Waals surface area (Å²) in [7, 11) is 0. The average molecular weight is 288 g/mol. The lowest BCUT2D eigenvalue weighted by Gasteiger charge is -2.37. The number of carboxylic acids is 1. The molecule has 1 N–H and O–H groups in total. The van der Waals surface area contributed by atoms with Crippen molar-refractivity contribution in [3.63, 3.8) is 0 Å². The van der Waals surface area contributed by atoms with E-state index in [1.165, 1.54) is 24.3 Å². The third-order valence-electron chi connectivity index (χ3n) is 2.61. The fourth-order valence-electron chi connectivity index (χ4n) is 1.76. The maximum Gasteiger partial charge on any atom is 0.489 e. The van der Waals surface area contributed by atoms with Crippen LogP contribution in [0.5, 0.6) is 0 Å². The predicted octanol–water partition coefficient (Wildman–Crippen LogP) is 2.53. The molecule has 0 amide bonds. The first-order valence-corrected chi connectivity index (χ1v) is 5.37. The van der Waals surface area contributed by atoms with Crippen molar-refractivity contribution in [3.8, 4) is 0 Å². The minimum Gasteiger partial charge on any atom is -0.477 e. The first kappa shape index (κ1) is 14.0. The maximum absolute atomic E-state index is 14.2. The van der Waals surface area contributed by atoms with Crippen molar-refractivity contribution >= 4 is 11.8 Å². The fourth-order valence-corrected chi connectivity index (χ4v) is 1.76. The number of hydrogen-bond acceptors (Lipinski definition) is 3. The Bertz CT molecular complexity index is 583. The summed E-state index contributed by atoms with van der Waals surface area (Å²) in [5, 5.41) is 8.77. The van der Waals surface area contributed by atoms with Crippen LogP contribution in [0.2, 0.25) is 0 Å². The number of rotatable bonds is 2. The van der Waals surface area contributed by atoms with Gasteiger partial charge in [-0.15, -0.1) is 13.2 Å². The van der Waals surface area contributed by atoms with Gasteiger partial charge < -0.3 is 5.11 Å². The standard InChI is InChI=1S/C12H8F4N2O2/c13-11(10(19)20)6-7-17-9(18(11)12(14,15)16)8-4-2-1-3-5-8/h1-7H,(H,19,20). The third kappa shape index (κ3) is 2.24. The van der Waals surface area contributed by atoms with Crippen LogP contribution in [0.25, 0.3) is 0 Å². The summed E-state index contributed by atoms with van der Waals surface area (Å²) < 4.78 is 53.4. The number of aliphatic carboxylic acids is 1. The van der Waals surface area contributed by atoms with Crippen molar-refractivity contribution < 1.29 is 27.5 Å². The first-order chi connectivity index (χ1) is 9.27. The van der Waals surface area contributed by atoms with Crippen molar-refractivity contribution in [1.29, 1.82) is 0 Å². The largest absolute Gasteiger partial charge is 0.489 e. The molecule has 0 aliphatic carbocycles. The van der Waals surface area contributed by atoms with Crippen molar-refractivity contribution in [1.82, 2.24) is 4.90 Å². The van der Waals surface area contributed by atoms with Crippen molar-refractivity contribution in [3.05, 3.63) is 48.2 Å². The highest BCUT2D eigenvalue weighted by atomic mass is 19.4. The van der Waals surface area contributed by atoms with Gasteiger partial charge in [0.05, 0.1) is 0 Å². The second-order valence-corrected chi connectivity index (χ2v) is 3.92. The van der Waals surface area contributed by atoms with Crippen LogP contribution >= 0.6 is 0 Å². The van der Waals surface area contributed by atoms with Gasteiger partial charge in [0.15, 0.2) is 0 Å². The Morgan fingerprint density at radius 2 is 1.85 bits per heavy atom. The lowest BCUT2D eigenvalue weighted by atomic mass is 10.1. The van der Waals surface area contributed by atoms with Crippen molar-refractivity contribution in [2.75, 3.05) is 0 Å². The zero-order valence-electron chi connectivity index (χ0n) is 9.80. The highest BCUT2D eigenvalue weighted by Gasteiger charge is 2.58. The van der Waals surface area contributed by atoms with Gasteiger partial charge in [0.1, 0.15) is 5.84 Å². The van der Waals surface area contributed by atoms with Gasteiger partial charge >= 0.3 is 18.1 Å². The van der Waals surface area contributed by atoms with E-state index in [1.807, 2.05) is 0 Å². The van der Waals surface area contributed by atoms with Crippen LogP contribution in [0.1, 0.15) is 5.56 Å². The number of carboxylic acid groups (broad SMARTS) is 1. The number of benzene rings is 1. The zero-order valence-corrected chi connectivity index (χ0v) is 9.80. The fraction of sp³-hybridized carbons (Fsp3) is 0.167. The van der Waals surface area contributed by atoms with E-state index in [-0.39, 0.29) is 11.6 Å². The first-order valence-electron chi connectivity index (χ1n) is 5.37. The van der Waals surface area contributed by atoms with E-state index in [0.717, 1.165) is 0 Å². The van der Waals surface area contributed by atoms with E-state index in [9.17, 15) is 22.4 Å². The lowest BCUT2D eigenvalue weighted by molar-refractivity contribution is -0.259. The summed E-state index contributed by atoms with van der Waals surface area (Å²) in [5.74, 6) is -6.81. The molecular weight excluding hydrogens is 280 g/mol. The summed E-state index contributed by atoms with van der Waals surface area (Å²) in [6.45, 7) is 0. The Morgan fingerprint density at radius 3 is 2.35 bits per heavy atom. The van der Waals surface area contributed by atoms with Crippen molar-refractivity contribution in [2.45, 2.75) is 12.1 Å². The number of nitrogens with zero attached hydrogens (tertiary/aromatic N) is 2. The molecule has 0 spiro atoms. The minimum atomic E-state index is -5.24. The number of amidine groups is 1. The van der Waals surface area contributed by atoms with Gasteiger partial charge in [0.25, 0.3) is 0 Å². The predicted molar refractivity (Wildman–Crippen MR) is 61.5 cm³/mol. The van der Waals surface area contributed by atoms with E-state index in [1.54, 1.807) is 6.07 Å². The van der Waals surface area contributed by atoms with Crippen LogP contribution in [-0.4, -0.2) is 33.9 Å². The molecule has 1 aliphatic heterocycles. The molecule has 1 aromatic rings. The summed E-state index contributed by atoms with van der Waals surface area (Å²) in [6, 6.07) is 6.98. The van der Waals surface area contributed by atoms with E-state index >= 15 is 0 Å². The Labute approximate surface area is 110 Å². The van der Waals surface area contributed by atoms with Crippen LogP contribution in [0, 0.1) is 0 Å². The Hall–Kier alpha value is -2.38. The van der Waals surface area contributed by atoms with Crippen LogP contribution in [0.4, 0.5) is 17.6 Å². The molecule has 4 nitrogen and oxygen atoms in total. The second-order valence-electron chi connectivity index (χ2n) is 3.92. The molecule has 1 aliphatic rings. The Morgan fingerprint density at radius 1 is 1.25 bits per heavy atom. The van der Waals surface area contributed by atoms with Crippen LogP contribution in [0.3, 0.4) is 0 Å². The van der Waals surface area contributed by atoms with Gasteiger partial charge in [-0.25, -0.2) is 19.1 Å². The number of halogens is 4. The molecular formula is C12H8F4N2O2. The van der Waals surface area contributed by atoms with Gasteiger partial charge in [-0.2, -0.15) is 0 Å². The van der Waals surface area contributed by atoms with E-state index in [4.69, 9.17) is 5.11 Å². The quantitative estimate of drug-likeness (QED) is 0.672. The van der Waals surface area contributed by atoms with Gasteiger partial charge in [-0.3, -0.25) is 0 Å². The molecule has 1 unspecified atom stereocenters. The second kappa shape index (κ2) is 4.62. The molecule has 2 rings (SSSR count). The molecule has 1 aromatic carbocycles. The molecule has 20 heavy (non-hydrogen) atoms. The smallest absolute Gasteiger partial charge is 0.477 e. The molecule has 1 atom stereocenters. The van der Waals surface area contributed by atoms with Gasteiger partial charge in [-0.1, -0.05) is 30.3 Å². The monoisotopic (exact) mass is 288 g/mol. The number of carbonyl (C=O) groups is 1. The summed E-state index contributed by atoms with van der Waals surface area (Å²) >= 11 is 0. The molecule has 0 radical (unpaired) electrons. The Kier molecular flexibility index (Phi) is 3.24. The molecule has 1 heterocycles. The molecule has 106 valence electrons. The minimum absolute atomic E-state index is 0.0440. The topological polar surface area (TPSA) is 52.9 Å². The third-order valence-corrected chi connectivity index (χ3v) is 2.61. The molecule has 0 fully saturated rings. The highest BCUT2D eigenvalue weighted by Crippen LogP contribution is 2.36. The van der Waals surface area contributed by atoms with Crippen LogP contribution in [-0.2, 0) is 4.79 Å². The molecule has 0 aromatic heterocycles. The number of alkyl halides is 4. The van der Waals surface area contributed by atoms with E-state index < -0.39 is 28.8 Å². The normalized spacial score (nSPS) is 22.6. The Balaban J connectivity index is 2.59. The molecule has 8 heteroatoms. The molecule has 0 saturated carbocycles. The summed E-state index contributed by atoms with van der Waals surface area (Å²) in [4.78, 5) is 13.5. The maximum atomic E-state index is 14.2. The zero-order chi connectivity index (χ0) is 15.0. The van der Waals surface area contributed by atoms with Gasteiger partial charge in [-0.05, 0) is 0 Å². The molecule has 0 bridgehead atoms. The van der Waals surface area contributed by atoms with Gasteiger partial charge in [0.2, 0.25) is 0 Å². The highest BCUT2D eigenvalue weighted by molar-refractivity contribution is 6.03. The van der Waals surface area contributed by atoms with Gasteiger partial charge in [0, 0.05) is 17.8 Å². The number of aliphatic imine (C=N–C) groups is 1. The lowest BCUT2D eigenvalue weighted by Crippen LogP contribution is -2.60.